The molecule has 4 rings (SSSR count). The van der Waals surface area contributed by atoms with Crippen LogP contribution in [0, 0.1) is 10.1 Å². The van der Waals surface area contributed by atoms with Crippen LogP contribution in [-0.2, 0) is 4.74 Å². The van der Waals surface area contributed by atoms with Gasteiger partial charge in [0.25, 0.3) is 0 Å². The summed E-state index contributed by atoms with van der Waals surface area (Å²) in [7, 11) is 0. The summed E-state index contributed by atoms with van der Waals surface area (Å²) in [6.07, 6.45) is 3.12. The fourth-order valence-electron chi connectivity index (χ4n) is 3.09. The van der Waals surface area contributed by atoms with Crippen LogP contribution < -0.4 is 15.9 Å². The Morgan fingerprint density at radius 3 is 2.93 bits per heavy atom. The molecule has 2 atom stereocenters. The predicted octanol–water partition coefficient (Wildman–Crippen LogP) is 1.02. The summed E-state index contributed by atoms with van der Waals surface area (Å²) in [4.78, 5) is 23.2. The Balaban J connectivity index is 1.46. The zero-order valence-electron chi connectivity index (χ0n) is 14.2. The Morgan fingerprint density at radius 1 is 1.30 bits per heavy atom. The number of imidazole rings is 1. The first-order valence-corrected chi connectivity index (χ1v) is 10.4. The van der Waals surface area contributed by atoms with E-state index < -0.39 is 0 Å². The number of para-hydroxylation sites is 1. The summed E-state index contributed by atoms with van der Waals surface area (Å²) in [5.74, 6) is 0.335. The van der Waals surface area contributed by atoms with Crippen molar-refractivity contribution in [3.8, 4) is 0 Å². The molecule has 0 unspecified atom stereocenters. The number of nitrogens with zero attached hydrogens (tertiary/aromatic N) is 5. The molecule has 0 aliphatic carbocycles. The fraction of sp³-hybridized carbons (Fsp3) is 0.312. The van der Waals surface area contributed by atoms with Crippen LogP contribution in [0.1, 0.15) is 19.1 Å². The molecule has 0 saturated carbocycles. The third-order valence-corrected chi connectivity index (χ3v) is 6.85. The number of hydrogen-bond acceptors (Lipinski definition) is 8. The van der Waals surface area contributed by atoms with E-state index in [0.717, 1.165) is 22.6 Å². The van der Waals surface area contributed by atoms with Crippen molar-refractivity contribution >= 4 is 48.0 Å². The first kappa shape index (κ1) is 17.7. The molecule has 1 aromatic carbocycles. The van der Waals surface area contributed by atoms with Gasteiger partial charge in [-0.25, -0.2) is 0 Å². The van der Waals surface area contributed by atoms with Crippen LogP contribution in [0.15, 0.2) is 30.6 Å². The number of anilines is 2. The molecule has 0 bridgehead atoms. The van der Waals surface area contributed by atoms with Gasteiger partial charge in [0.05, 0.1) is 0 Å². The third-order valence-electron chi connectivity index (χ3n) is 4.35. The van der Waals surface area contributed by atoms with Gasteiger partial charge in [-0.3, -0.25) is 0 Å². The van der Waals surface area contributed by atoms with Crippen LogP contribution in [0.5, 0.6) is 0 Å². The molecule has 10 nitrogen and oxygen atoms in total. The molecule has 0 spiro atoms. The van der Waals surface area contributed by atoms with Gasteiger partial charge in [0, 0.05) is 0 Å². The molecule has 1 aliphatic rings. The molecule has 1 fully saturated rings. The zero-order valence-corrected chi connectivity index (χ0v) is 15.9. The first-order valence-electron chi connectivity index (χ1n) is 8.30. The van der Waals surface area contributed by atoms with Gasteiger partial charge < -0.3 is 0 Å². The van der Waals surface area contributed by atoms with E-state index in [4.69, 9.17) is 16.2 Å². The monoisotopic (exact) mass is 435 g/mol. The molecule has 3 heterocycles. The normalized spacial score (nSPS) is 19.6. The number of nitro benzene ring substituents is 1. The summed E-state index contributed by atoms with van der Waals surface area (Å²) in [6.45, 7) is 0. The number of hydrogen-bond donors (Lipinski definition) is 2. The van der Waals surface area contributed by atoms with Crippen LogP contribution in [0.2, 0.25) is 5.32 Å². The Hall–Kier alpha value is -2.75. The molecule has 3 aromatic rings. The number of nitro groups is 1. The van der Waals surface area contributed by atoms with E-state index >= 15 is 0 Å². The number of nitrogens with two attached hydrogens (primary N) is 2. The Morgan fingerprint density at radius 2 is 2.11 bits per heavy atom. The average molecular weight is 434 g/mol. The van der Waals surface area contributed by atoms with E-state index in [-0.39, 0.29) is 49.7 Å². The van der Waals surface area contributed by atoms with Gasteiger partial charge in [0.2, 0.25) is 0 Å². The zero-order chi connectivity index (χ0) is 19.0. The molecule has 1 aliphatic heterocycles. The molecule has 4 N–H and O–H groups in total. The van der Waals surface area contributed by atoms with Crippen molar-refractivity contribution in [2.45, 2.75) is 30.5 Å². The number of fused-ring (bicyclic) bond motifs is 1. The summed E-state index contributed by atoms with van der Waals surface area (Å²) < 4.78 is 8.74. The van der Waals surface area contributed by atoms with Gasteiger partial charge in [0.15, 0.2) is 0 Å². The molecule has 1 saturated heterocycles. The SMILES string of the molecule is Nc1nc(N)c2ncn([C@H]3CC[C@@H](C[Se]c4ccccc4[N+](=O)[O-])O3)c2n1. The summed E-state index contributed by atoms with van der Waals surface area (Å²) >= 11 is -0.0444. The van der Waals surface area contributed by atoms with Crippen molar-refractivity contribution in [2.75, 3.05) is 11.5 Å². The van der Waals surface area contributed by atoms with Crippen LogP contribution in [-0.4, -0.2) is 45.5 Å². The van der Waals surface area contributed by atoms with E-state index in [1.807, 2.05) is 16.7 Å². The Kier molecular flexibility index (Phi) is 4.64. The maximum atomic E-state index is 11.1. The van der Waals surface area contributed by atoms with Crippen LogP contribution in [0.4, 0.5) is 17.5 Å². The molecular weight excluding hydrogens is 417 g/mol. The third kappa shape index (κ3) is 3.44. The van der Waals surface area contributed by atoms with Crippen molar-refractivity contribution in [2.24, 2.45) is 0 Å². The van der Waals surface area contributed by atoms with E-state index in [2.05, 4.69) is 15.0 Å². The number of rotatable bonds is 5. The quantitative estimate of drug-likeness (QED) is 0.344. The maximum absolute atomic E-state index is 11.1. The number of ether oxygens (including phenoxy) is 1. The first-order chi connectivity index (χ1) is 13.0. The van der Waals surface area contributed by atoms with Gasteiger partial charge in [-0.1, -0.05) is 0 Å². The van der Waals surface area contributed by atoms with E-state index in [1.54, 1.807) is 18.5 Å². The van der Waals surface area contributed by atoms with E-state index in [9.17, 15) is 10.1 Å². The number of aromatic nitrogens is 4. The van der Waals surface area contributed by atoms with Gasteiger partial charge in [-0.2, -0.15) is 0 Å². The molecule has 0 radical (unpaired) electrons. The van der Waals surface area contributed by atoms with Crippen molar-refractivity contribution in [3.05, 3.63) is 40.7 Å². The molecular formula is C16H17N7O3Se. The Labute approximate surface area is 160 Å². The minimum atomic E-state index is -0.332. The van der Waals surface area contributed by atoms with Gasteiger partial charge in [0.1, 0.15) is 0 Å². The van der Waals surface area contributed by atoms with Crippen LogP contribution >= 0.6 is 0 Å². The molecule has 27 heavy (non-hydrogen) atoms. The standard InChI is InChI=1S/C16H17N7O3Se/c17-14-13-15(21-16(18)20-14)22(8-19-13)12-6-5-9(26-12)7-27-11-4-2-1-3-10(11)23(24)25/h1-4,8-9,12H,5-7H2,(H4,17,18,20,21)/t9-,12+/m0/s1. The van der Waals surface area contributed by atoms with E-state index in [0.29, 0.717) is 11.2 Å². The molecule has 11 heteroatoms. The molecule has 0 amide bonds. The van der Waals surface area contributed by atoms with Crippen LogP contribution in [0.25, 0.3) is 11.2 Å². The fourth-order valence-corrected chi connectivity index (χ4v) is 5.35. The summed E-state index contributed by atoms with van der Waals surface area (Å²) in [5.41, 5.74) is 12.8. The average Bonchev–Trinajstić information content (AvgIpc) is 3.26. The van der Waals surface area contributed by atoms with Crippen molar-refractivity contribution in [1.29, 1.82) is 0 Å². The second-order valence-corrected chi connectivity index (χ2v) is 8.34. The number of benzene rings is 1. The second-order valence-electron chi connectivity index (χ2n) is 6.12. The van der Waals surface area contributed by atoms with Crippen molar-refractivity contribution in [3.63, 3.8) is 0 Å². The molecule has 140 valence electrons. The van der Waals surface area contributed by atoms with Crippen molar-refractivity contribution in [1.82, 2.24) is 19.5 Å². The predicted molar refractivity (Wildman–Crippen MR) is 101 cm³/mol. The second kappa shape index (κ2) is 7.10. The number of nitrogen functional groups attached to an aromatic ring is 2. The summed E-state index contributed by atoms with van der Waals surface area (Å²) in [6, 6.07) is 6.87. The van der Waals surface area contributed by atoms with E-state index in [1.165, 1.54) is 0 Å². The minimum absolute atomic E-state index is 0.0313. The Bertz CT molecular complexity index is 1010. The molecule has 2 aromatic heterocycles. The van der Waals surface area contributed by atoms with Gasteiger partial charge in [-0.05, 0) is 0 Å². The van der Waals surface area contributed by atoms with Gasteiger partial charge in [-0.15, -0.1) is 0 Å². The summed E-state index contributed by atoms with van der Waals surface area (Å²) in [5, 5.41) is 11.9. The van der Waals surface area contributed by atoms with Gasteiger partial charge >= 0.3 is 160 Å². The van der Waals surface area contributed by atoms with Crippen LogP contribution in [0.3, 0.4) is 0 Å². The van der Waals surface area contributed by atoms with Crippen molar-refractivity contribution < 1.29 is 9.66 Å². The topological polar surface area (TPSA) is 148 Å².